The van der Waals surface area contributed by atoms with Crippen molar-refractivity contribution in [3.05, 3.63) is 64.6 Å². The molecule has 30 heavy (non-hydrogen) atoms. The summed E-state index contributed by atoms with van der Waals surface area (Å²) in [6.45, 7) is 0. The molecule has 3 aromatic rings. The van der Waals surface area contributed by atoms with Gasteiger partial charge in [0.1, 0.15) is 4.90 Å². The maximum atomic E-state index is 12.9. The number of anilines is 2. The molecule has 14 heteroatoms. The highest BCUT2D eigenvalue weighted by Gasteiger charge is 2.32. The molecule has 0 fully saturated rings. The van der Waals surface area contributed by atoms with Gasteiger partial charge < -0.3 is 0 Å². The summed E-state index contributed by atoms with van der Waals surface area (Å²) in [5, 5.41) is 1.33. The van der Waals surface area contributed by atoms with E-state index in [0.717, 1.165) is 41.7 Å². The molecular formula is C16H11ClF3N3O4S3. The first-order valence-corrected chi connectivity index (χ1v) is 12.0. The molecule has 0 unspecified atom stereocenters. The first kappa shape index (κ1) is 22.3. The second kappa shape index (κ2) is 8.06. The molecule has 160 valence electrons. The summed E-state index contributed by atoms with van der Waals surface area (Å²) in [7, 11) is -8.42. The van der Waals surface area contributed by atoms with Gasteiger partial charge in [-0.15, -0.1) is 11.3 Å². The molecule has 0 amide bonds. The van der Waals surface area contributed by atoms with Crippen molar-refractivity contribution in [2.75, 3.05) is 9.44 Å². The van der Waals surface area contributed by atoms with Crippen molar-refractivity contribution in [1.82, 2.24) is 4.98 Å². The normalized spacial score (nSPS) is 12.5. The highest BCUT2D eigenvalue weighted by Crippen LogP contribution is 2.34. The maximum absolute atomic E-state index is 12.9. The molecule has 0 aliphatic heterocycles. The fraction of sp³-hybridized carbons (Fsp3) is 0.0625. The second-order valence-electron chi connectivity index (χ2n) is 5.72. The monoisotopic (exact) mass is 497 g/mol. The Balaban J connectivity index is 1.85. The molecule has 7 nitrogen and oxygen atoms in total. The Labute approximate surface area is 178 Å². The van der Waals surface area contributed by atoms with Gasteiger partial charge in [0.15, 0.2) is 5.13 Å². The Kier molecular flexibility index (Phi) is 6.00. The van der Waals surface area contributed by atoms with E-state index in [2.05, 4.69) is 14.4 Å². The highest BCUT2D eigenvalue weighted by molar-refractivity contribution is 7.93. The van der Waals surface area contributed by atoms with Crippen LogP contribution in [0.5, 0.6) is 0 Å². The number of hydrogen-bond acceptors (Lipinski definition) is 6. The Hall–Kier alpha value is -2.35. The van der Waals surface area contributed by atoms with Crippen LogP contribution in [0.3, 0.4) is 0 Å². The van der Waals surface area contributed by atoms with E-state index in [9.17, 15) is 30.0 Å². The summed E-state index contributed by atoms with van der Waals surface area (Å²) < 4.78 is 92.5. The Bertz CT molecular complexity index is 1260. The predicted molar refractivity (Wildman–Crippen MR) is 107 cm³/mol. The number of aromatic nitrogens is 1. The van der Waals surface area contributed by atoms with Crippen LogP contribution in [0, 0.1) is 0 Å². The van der Waals surface area contributed by atoms with E-state index in [-0.39, 0.29) is 15.7 Å². The molecule has 0 saturated carbocycles. The number of alkyl halides is 3. The fourth-order valence-electron chi connectivity index (χ4n) is 2.25. The van der Waals surface area contributed by atoms with Gasteiger partial charge in [-0.05, 0) is 42.5 Å². The Morgan fingerprint density at radius 3 is 2.17 bits per heavy atom. The van der Waals surface area contributed by atoms with Gasteiger partial charge in [-0.25, -0.2) is 21.8 Å². The quantitative estimate of drug-likeness (QED) is 0.524. The molecule has 0 aliphatic rings. The lowest BCUT2D eigenvalue weighted by Gasteiger charge is -2.13. The molecule has 0 spiro atoms. The van der Waals surface area contributed by atoms with E-state index in [1.54, 1.807) is 5.38 Å². The average Bonchev–Trinajstić information content (AvgIpc) is 3.13. The van der Waals surface area contributed by atoms with E-state index < -0.39 is 41.7 Å². The van der Waals surface area contributed by atoms with Crippen LogP contribution in [-0.4, -0.2) is 21.8 Å². The van der Waals surface area contributed by atoms with Crippen molar-refractivity contribution < 1.29 is 30.0 Å². The van der Waals surface area contributed by atoms with Crippen LogP contribution in [0.15, 0.2) is 63.8 Å². The van der Waals surface area contributed by atoms with Crippen molar-refractivity contribution >= 4 is 53.8 Å². The lowest BCUT2D eigenvalue weighted by Crippen LogP contribution is -2.16. The number of rotatable bonds is 6. The number of nitrogens with one attached hydrogen (secondary N) is 2. The first-order chi connectivity index (χ1) is 13.9. The molecule has 0 radical (unpaired) electrons. The van der Waals surface area contributed by atoms with E-state index in [0.29, 0.717) is 12.1 Å². The molecular weight excluding hydrogens is 487 g/mol. The topological polar surface area (TPSA) is 105 Å². The largest absolute Gasteiger partial charge is 0.416 e. The smallest absolute Gasteiger partial charge is 0.280 e. The van der Waals surface area contributed by atoms with Crippen LogP contribution >= 0.6 is 22.9 Å². The van der Waals surface area contributed by atoms with Gasteiger partial charge in [0, 0.05) is 17.3 Å². The number of sulfonamides is 2. The standard InChI is InChI=1S/C16H11ClF3N3O4S3/c17-13-6-1-10(16(18,19)20)9-14(13)30(26,27)22-11-2-4-12(5-3-11)29(24,25)23-15-21-7-8-28-15/h1-9,22H,(H,21,23). The molecule has 2 N–H and O–H groups in total. The molecule has 0 bridgehead atoms. The minimum atomic E-state index is -4.75. The van der Waals surface area contributed by atoms with Crippen molar-refractivity contribution in [2.45, 2.75) is 16.0 Å². The predicted octanol–water partition coefficient (Wildman–Crippen LogP) is 4.42. The third-order valence-electron chi connectivity index (χ3n) is 3.62. The van der Waals surface area contributed by atoms with E-state index >= 15 is 0 Å². The lowest BCUT2D eigenvalue weighted by molar-refractivity contribution is -0.137. The number of hydrogen-bond donors (Lipinski definition) is 2. The SMILES string of the molecule is O=S(=O)(Nc1nccs1)c1ccc(NS(=O)(=O)c2cc(C(F)(F)F)ccc2Cl)cc1. The summed E-state index contributed by atoms with van der Waals surface area (Å²) in [5.41, 5.74) is -1.25. The first-order valence-electron chi connectivity index (χ1n) is 7.80. The summed E-state index contributed by atoms with van der Waals surface area (Å²) in [6, 6.07) is 6.46. The van der Waals surface area contributed by atoms with Gasteiger partial charge in [-0.2, -0.15) is 13.2 Å². The summed E-state index contributed by atoms with van der Waals surface area (Å²) in [6.07, 6.45) is -3.34. The summed E-state index contributed by atoms with van der Waals surface area (Å²) in [4.78, 5) is 2.87. The van der Waals surface area contributed by atoms with Crippen LogP contribution in [0.4, 0.5) is 24.0 Å². The molecule has 0 saturated heterocycles. The number of benzene rings is 2. The molecule has 3 rings (SSSR count). The van der Waals surface area contributed by atoms with Gasteiger partial charge in [0.05, 0.1) is 15.5 Å². The zero-order valence-corrected chi connectivity index (χ0v) is 17.7. The third kappa shape index (κ3) is 5.03. The van der Waals surface area contributed by atoms with Gasteiger partial charge in [0.2, 0.25) is 0 Å². The second-order valence-corrected chi connectivity index (χ2v) is 10.4. The highest BCUT2D eigenvalue weighted by atomic mass is 35.5. The van der Waals surface area contributed by atoms with Crippen molar-refractivity contribution in [3.63, 3.8) is 0 Å². The average molecular weight is 498 g/mol. The molecule has 0 atom stereocenters. The Morgan fingerprint density at radius 2 is 1.60 bits per heavy atom. The number of thiazole rings is 1. The maximum Gasteiger partial charge on any atom is 0.416 e. The van der Waals surface area contributed by atoms with Crippen LogP contribution in [0.2, 0.25) is 5.02 Å². The van der Waals surface area contributed by atoms with Crippen molar-refractivity contribution in [3.8, 4) is 0 Å². The van der Waals surface area contributed by atoms with Crippen molar-refractivity contribution in [1.29, 1.82) is 0 Å². The van der Waals surface area contributed by atoms with E-state index in [4.69, 9.17) is 11.6 Å². The van der Waals surface area contributed by atoms with Gasteiger partial charge in [0.25, 0.3) is 20.0 Å². The van der Waals surface area contributed by atoms with Gasteiger partial charge >= 0.3 is 6.18 Å². The fourth-order valence-corrected chi connectivity index (χ4v) is 5.62. The molecule has 1 heterocycles. The third-order valence-corrected chi connectivity index (χ3v) is 7.65. The van der Waals surface area contributed by atoms with Crippen LogP contribution in [-0.2, 0) is 26.2 Å². The molecule has 1 aromatic heterocycles. The van der Waals surface area contributed by atoms with Crippen molar-refractivity contribution in [2.24, 2.45) is 0 Å². The number of nitrogens with zero attached hydrogens (tertiary/aromatic N) is 1. The van der Waals surface area contributed by atoms with Crippen LogP contribution in [0.1, 0.15) is 5.56 Å². The Morgan fingerprint density at radius 1 is 0.933 bits per heavy atom. The summed E-state index contributed by atoms with van der Waals surface area (Å²) in [5.74, 6) is 0. The zero-order chi connectivity index (χ0) is 22.2. The van der Waals surface area contributed by atoms with E-state index in [1.807, 2.05) is 0 Å². The number of halogens is 4. The molecule has 0 aliphatic carbocycles. The molecule has 2 aromatic carbocycles. The minimum absolute atomic E-state index is 0.0725. The van der Waals surface area contributed by atoms with E-state index in [1.165, 1.54) is 6.20 Å². The van der Waals surface area contributed by atoms with Gasteiger partial charge in [-0.3, -0.25) is 9.44 Å². The minimum Gasteiger partial charge on any atom is -0.280 e. The van der Waals surface area contributed by atoms with Gasteiger partial charge in [-0.1, -0.05) is 11.6 Å². The summed E-state index contributed by atoms with van der Waals surface area (Å²) >= 11 is 6.84. The van der Waals surface area contributed by atoms with Crippen LogP contribution < -0.4 is 9.44 Å². The lowest BCUT2D eigenvalue weighted by atomic mass is 10.2. The van der Waals surface area contributed by atoms with Crippen LogP contribution in [0.25, 0.3) is 0 Å². The zero-order valence-electron chi connectivity index (χ0n) is 14.5.